The molecule has 2 atom stereocenters. The smallest absolute Gasteiger partial charge is 0.322 e. The van der Waals surface area contributed by atoms with Crippen molar-refractivity contribution in [1.29, 1.82) is 0 Å². The number of ether oxygens (including phenoxy) is 2. The molecule has 4 heteroatoms. The number of carbonyl (C=O) groups is 2. The van der Waals surface area contributed by atoms with Crippen molar-refractivity contribution < 1.29 is 19.1 Å². The molecule has 140 valence electrons. The van der Waals surface area contributed by atoms with Crippen LogP contribution in [0.5, 0.6) is 5.75 Å². The zero-order valence-electron chi connectivity index (χ0n) is 15.7. The van der Waals surface area contributed by atoms with Gasteiger partial charge in [-0.05, 0) is 47.4 Å². The molecule has 0 N–H and O–H groups in total. The van der Waals surface area contributed by atoms with Gasteiger partial charge in [-0.1, -0.05) is 54.6 Å². The van der Waals surface area contributed by atoms with E-state index in [2.05, 4.69) is 0 Å². The molecule has 4 nitrogen and oxygen atoms in total. The molecule has 0 bridgehead atoms. The monoisotopic (exact) mass is 372 g/mol. The van der Waals surface area contributed by atoms with Gasteiger partial charge in [0.05, 0.1) is 7.11 Å². The van der Waals surface area contributed by atoms with E-state index in [1.807, 2.05) is 67.6 Å². The van der Waals surface area contributed by atoms with Crippen LogP contribution in [0.1, 0.15) is 28.7 Å². The zero-order chi connectivity index (χ0) is 19.7. The van der Waals surface area contributed by atoms with E-state index in [9.17, 15) is 9.59 Å². The molecule has 0 aliphatic carbocycles. The van der Waals surface area contributed by atoms with Crippen molar-refractivity contribution >= 4 is 11.8 Å². The molecule has 0 spiro atoms. The van der Waals surface area contributed by atoms with Gasteiger partial charge in [0.1, 0.15) is 11.7 Å². The summed E-state index contributed by atoms with van der Waals surface area (Å²) in [7, 11) is 1.62. The average molecular weight is 372 g/mol. The van der Waals surface area contributed by atoms with E-state index in [-0.39, 0.29) is 5.78 Å². The van der Waals surface area contributed by atoms with Crippen molar-refractivity contribution in [2.45, 2.75) is 18.9 Å². The number of benzene rings is 3. The fourth-order valence-electron chi connectivity index (χ4n) is 3.56. The molecule has 1 fully saturated rings. The maximum absolute atomic E-state index is 13.0. The van der Waals surface area contributed by atoms with Crippen molar-refractivity contribution in [2.75, 3.05) is 7.11 Å². The number of aryl methyl sites for hydroxylation is 1. The minimum atomic E-state index is -0.900. The maximum atomic E-state index is 13.0. The summed E-state index contributed by atoms with van der Waals surface area (Å²) in [6.07, 6.45) is -0.845. The number of cyclic esters (lactones) is 1. The second-order valence-corrected chi connectivity index (χ2v) is 6.86. The number of esters is 1. The van der Waals surface area contributed by atoms with Crippen molar-refractivity contribution in [3.63, 3.8) is 0 Å². The Bertz CT molecular complexity index is 1020. The minimum Gasteiger partial charge on any atom is -0.497 e. The van der Waals surface area contributed by atoms with Gasteiger partial charge in [-0.15, -0.1) is 0 Å². The van der Waals surface area contributed by atoms with Gasteiger partial charge in [0.15, 0.2) is 11.9 Å². The summed E-state index contributed by atoms with van der Waals surface area (Å²) in [5.74, 6) is -0.834. The van der Waals surface area contributed by atoms with Crippen LogP contribution < -0.4 is 4.74 Å². The normalized spacial score (nSPS) is 18.8. The Balaban J connectivity index is 1.70. The summed E-state index contributed by atoms with van der Waals surface area (Å²) in [6, 6.07) is 22.6. The summed E-state index contributed by atoms with van der Waals surface area (Å²) < 4.78 is 10.7. The lowest BCUT2D eigenvalue weighted by molar-refractivity contribution is -0.143. The summed E-state index contributed by atoms with van der Waals surface area (Å²) in [5, 5.41) is 0. The molecule has 4 rings (SSSR count). The standard InChI is InChI=1S/C24H20O4/c1-15-8-9-18(16-10-12-19(27-2)13-11-16)14-20(15)21-22(25)23(28-24(21)26)17-6-4-3-5-7-17/h3-14,21,23H,1-2H3. The first-order chi connectivity index (χ1) is 13.6. The number of rotatable bonds is 4. The molecule has 3 aromatic carbocycles. The predicted octanol–water partition coefficient (Wildman–Crippen LogP) is 4.62. The Hall–Kier alpha value is -3.40. The van der Waals surface area contributed by atoms with Gasteiger partial charge in [0.2, 0.25) is 0 Å². The van der Waals surface area contributed by atoms with Gasteiger partial charge in [0.25, 0.3) is 0 Å². The SMILES string of the molecule is COc1ccc(-c2ccc(C)c(C3C(=O)OC(c4ccccc4)C3=O)c2)cc1. The van der Waals surface area contributed by atoms with E-state index in [1.54, 1.807) is 19.2 Å². The summed E-state index contributed by atoms with van der Waals surface area (Å²) in [4.78, 5) is 25.6. The van der Waals surface area contributed by atoms with Crippen LogP contribution in [0, 0.1) is 6.92 Å². The fraction of sp³-hybridized carbons (Fsp3) is 0.167. The van der Waals surface area contributed by atoms with Gasteiger partial charge in [-0.2, -0.15) is 0 Å². The van der Waals surface area contributed by atoms with Crippen molar-refractivity contribution in [2.24, 2.45) is 0 Å². The summed E-state index contributed by atoms with van der Waals surface area (Å²) in [5.41, 5.74) is 4.21. The molecule has 0 aromatic heterocycles. The lowest BCUT2D eigenvalue weighted by Crippen LogP contribution is -2.16. The summed E-state index contributed by atoms with van der Waals surface area (Å²) in [6.45, 7) is 1.91. The molecule has 1 aliphatic heterocycles. The van der Waals surface area contributed by atoms with Crippen LogP contribution in [0.3, 0.4) is 0 Å². The van der Waals surface area contributed by atoms with Gasteiger partial charge in [0, 0.05) is 5.56 Å². The van der Waals surface area contributed by atoms with Crippen LogP contribution in [0.15, 0.2) is 72.8 Å². The number of hydrogen-bond acceptors (Lipinski definition) is 4. The lowest BCUT2D eigenvalue weighted by atomic mass is 9.87. The lowest BCUT2D eigenvalue weighted by Gasteiger charge is -2.12. The van der Waals surface area contributed by atoms with Crippen LogP contribution in [0.2, 0.25) is 0 Å². The third kappa shape index (κ3) is 3.18. The predicted molar refractivity (Wildman–Crippen MR) is 106 cm³/mol. The van der Waals surface area contributed by atoms with E-state index >= 15 is 0 Å². The molecule has 2 unspecified atom stereocenters. The average Bonchev–Trinajstić information content (AvgIpc) is 3.03. The number of Topliss-reactive ketones (excluding diaryl/α,β-unsaturated/α-hetero) is 1. The fourth-order valence-corrected chi connectivity index (χ4v) is 3.56. The molecular formula is C24H20O4. The largest absolute Gasteiger partial charge is 0.497 e. The highest BCUT2D eigenvalue weighted by molar-refractivity contribution is 6.12. The van der Waals surface area contributed by atoms with E-state index < -0.39 is 18.0 Å². The number of ketones is 1. The molecule has 3 aromatic rings. The first-order valence-electron chi connectivity index (χ1n) is 9.12. The Morgan fingerprint density at radius 1 is 0.857 bits per heavy atom. The van der Waals surface area contributed by atoms with Crippen LogP contribution in [-0.2, 0) is 14.3 Å². The molecular weight excluding hydrogens is 352 g/mol. The van der Waals surface area contributed by atoms with Crippen LogP contribution in [0.4, 0.5) is 0 Å². The van der Waals surface area contributed by atoms with Crippen LogP contribution in [0.25, 0.3) is 11.1 Å². The molecule has 0 radical (unpaired) electrons. The van der Waals surface area contributed by atoms with E-state index in [0.29, 0.717) is 11.1 Å². The molecule has 0 amide bonds. The summed E-state index contributed by atoms with van der Waals surface area (Å²) >= 11 is 0. The van der Waals surface area contributed by atoms with E-state index in [0.717, 1.165) is 22.4 Å². The number of methoxy groups -OCH3 is 1. The van der Waals surface area contributed by atoms with Gasteiger partial charge >= 0.3 is 5.97 Å². The van der Waals surface area contributed by atoms with Crippen molar-refractivity contribution in [3.05, 3.63) is 89.5 Å². The van der Waals surface area contributed by atoms with Gasteiger partial charge in [-0.25, -0.2) is 0 Å². The molecule has 1 saturated heterocycles. The van der Waals surface area contributed by atoms with Crippen LogP contribution >= 0.6 is 0 Å². The molecule has 28 heavy (non-hydrogen) atoms. The van der Waals surface area contributed by atoms with Crippen molar-refractivity contribution in [3.8, 4) is 16.9 Å². The molecule has 1 heterocycles. The van der Waals surface area contributed by atoms with E-state index in [4.69, 9.17) is 9.47 Å². The Morgan fingerprint density at radius 2 is 1.54 bits per heavy atom. The Morgan fingerprint density at radius 3 is 2.21 bits per heavy atom. The third-order valence-electron chi connectivity index (χ3n) is 5.13. The minimum absolute atomic E-state index is 0.216. The number of hydrogen-bond donors (Lipinski definition) is 0. The molecule has 0 saturated carbocycles. The second kappa shape index (κ2) is 7.31. The number of carbonyl (C=O) groups excluding carboxylic acids is 2. The zero-order valence-corrected chi connectivity index (χ0v) is 15.7. The maximum Gasteiger partial charge on any atom is 0.322 e. The first kappa shape index (κ1) is 18.0. The highest BCUT2D eigenvalue weighted by Crippen LogP contribution is 2.38. The topological polar surface area (TPSA) is 52.6 Å². The molecule has 1 aliphatic rings. The van der Waals surface area contributed by atoms with E-state index in [1.165, 1.54) is 0 Å². The van der Waals surface area contributed by atoms with Gasteiger partial charge in [-0.3, -0.25) is 9.59 Å². The Labute approximate surface area is 163 Å². The van der Waals surface area contributed by atoms with Crippen molar-refractivity contribution in [1.82, 2.24) is 0 Å². The van der Waals surface area contributed by atoms with Crippen LogP contribution in [-0.4, -0.2) is 18.9 Å². The quantitative estimate of drug-likeness (QED) is 0.495. The third-order valence-corrected chi connectivity index (χ3v) is 5.13. The highest BCUT2D eigenvalue weighted by atomic mass is 16.6. The second-order valence-electron chi connectivity index (χ2n) is 6.86. The Kier molecular flexibility index (Phi) is 4.70. The first-order valence-corrected chi connectivity index (χ1v) is 9.12. The highest BCUT2D eigenvalue weighted by Gasteiger charge is 2.45. The van der Waals surface area contributed by atoms with Gasteiger partial charge < -0.3 is 9.47 Å².